The second-order valence-electron chi connectivity index (χ2n) is 6.92. The van der Waals surface area contributed by atoms with E-state index in [1.54, 1.807) is 14.0 Å². The fourth-order valence-corrected chi connectivity index (χ4v) is 3.08. The maximum Gasteiger partial charge on any atom is 0.344 e. The number of rotatable bonds is 8. The SMILES string of the molecule is C[C@H](OC(=O)COc1ccccc1Cc1ccccc1)C(=O)N(C)c1ccccc1. The highest BCUT2D eigenvalue weighted by molar-refractivity contribution is 5.96. The number of carbonyl (C=O) groups is 2. The van der Waals surface area contributed by atoms with Gasteiger partial charge in [-0.3, -0.25) is 4.79 Å². The molecule has 0 N–H and O–H groups in total. The van der Waals surface area contributed by atoms with Crippen LogP contribution in [0.3, 0.4) is 0 Å². The van der Waals surface area contributed by atoms with Crippen LogP contribution in [0, 0.1) is 0 Å². The van der Waals surface area contributed by atoms with Crippen LogP contribution in [0.2, 0.25) is 0 Å². The normalized spacial score (nSPS) is 11.4. The molecule has 0 aliphatic carbocycles. The summed E-state index contributed by atoms with van der Waals surface area (Å²) in [6.45, 7) is 1.29. The van der Waals surface area contributed by atoms with Gasteiger partial charge in [0.05, 0.1) is 0 Å². The summed E-state index contributed by atoms with van der Waals surface area (Å²) in [7, 11) is 1.65. The summed E-state index contributed by atoms with van der Waals surface area (Å²) in [6, 6.07) is 26.8. The average molecular weight is 403 g/mol. The molecule has 5 nitrogen and oxygen atoms in total. The predicted molar refractivity (Wildman–Crippen MR) is 117 cm³/mol. The molecule has 3 aromatic carbocycles. The number of carbonyl (C=O) groups excluding carboxylic acids is 2. The molecule has 0 saturated carbocycles. The van der Waals surface area contributed by atoms with Crippen molar-refractivity contribution in [2.24, 2.45) is 0 Å². The summed E-state index contributed by atoms with van der Waals surface area (Å²) in [5, 5.41) is 0. The largest absolute Gasteiger partial charge is 0.482 e. The number of ether oxygens (including phenoxy) is 2. The zero-order chi connectivity index (χ0) is 21.3. The number of likely N-dealkylation sites (N-methyl/N-ethyl adjacent to an activating group) is 1. The van der Waals surface area contributed by atoms with Gasteiger partial charge < -0.3 is 14.4 Å². The summed E-state index contributed by atoms with van der Waals surface area (Å²) < 4.78 is 11.0. The van der Waals surface area contributed by atoms with E-state index in [-0.39, 0.29) is 12.5 Å². The maximum atomic E-state index is 12.5. The number of nitrogens with zero attached hydrogens (tertiary/aromatic N) is 1. The lowest BCUT2D eigenvalue weighted by Gasteiger charge is -2.21. The zero-order valence-corrected chi connectivity index (χ0v) is 17.2. The standard InChI is InChI=1S/C25H25NO4/c1-19(25(28)26(2)22-14-7-4-8-15-22)30-24(27)18-29-23-16-10-9-13-21(23)17-20-11-5-3-6-12-20/h3-16,19H,17-18H2,1-2H3/t19-/m0/s1. The fraction of sp³-hybridized carbons (Fsp3) is 0.200. The third-order valence-electron chi connectivity index (χ3n) is 4.69. The molecule has 5 heteroatoms. The molecule has 1 atom stereocenters. The van der Waals surface area contributed by atoms with Crippen LogP contribution < -0.4 is 9.64 Å². The number of para-hydroxylation sites is 2. The van der Waals surface area contributed by atoms with Gasteiger partial charge in [-0.25, -0.2) is 4.79 Å². The van der Waals surface area contributed by atoms with Crippen LogP contribution in [0.15, 0.2) is 84.9 Å². The lowest BCUT2D eigenvalue weighted by atomic mass is 10.0. The van der Waals surface area contributed by atoms with Crippen LogP contribution in [0.1, 0.15) is 18.1 Å². The first kappa shape index (κ1) is 21.1. The van der Waals surface area contributed by atoms with E-state index in [0.29, 0.717) is 12.2 Å². The molecule has 0 bridgehead atoms. The third-order valence-corrected chi connectivity index (χ3v) is 4.69. The summed E-state index contributed by atoms with van der Waals surface area (Å²) in [5.74, 6) is -0.274. The first-order chi connectivity index (χ1) is 14.5. The fourth-order valence-electron chi connectivity index (χ4n) is 3.08. The minimum absolute atomic E-state index is 0.265. The summed E-state index contributed by atoms with van der Waals surface area (Å²) in [5.41, 5.74) is 2.86. The van der Waals surface area contributed by atoms with E-state index in [2.05, 4.69) is 0 Å². The topological polar surface area (TPSA) is 55.8 Å². The Morgan fingerprint density at radius 1 is 0.867 bits per heavy atom. The van der Waals surface area contributed by atoms with Gasteiger partial charge in [0.1, 0.15) is 5.75 Å². The number of hydrogen-bond acceptors (Lipinski definition) is 4. The molecular formula is C25H25NO4. The van der Waals surface area contributed by atoms with Gasteiger partial charge in [0.25, 0.3) is 5.91 Å². The Kier molecular flexibility index (Phi) is 7.22. The third kappa shape index (κ3) is 5.70. The van der Waals surface area contributed by atoms with Gasteiger partial charge in [-0.15, -0.1) is 0 Å². The molecule has 0 aromatic heterocycles. The summed E-state index contributed by atoms with van der Waals surface area (Å²) in [4.78, 5) is 26.2. The molecule has 3 aromatic rings. The van der Waals surface area contributed by atoms with Crippen LogP contribution in [-0.4, -0.2) is 31.6 Å². The van der Waals surface area contributed by atoms with Crippen molar-refractivity contribution < 1.29 is 19.1 Å². The minimum Gasteiger partial charge on any atom is -0.482 e. The highest BCUT2D eigenvalue weighted by Crippen LogP contribution is 2.21. The van der Waals surface area contributed by atoms with E-state index in [1.165, 1.54) is 4.90 Å². The molecule has 0 saturated heterocycles. The zero-order valence-electron chi connectivity index (χ0n) is 17.2. The van der Waals surface area contributed by atoms with Gasteiger partial charge in [-0.2, -0.15) is 0 Å². The molecular weight excluding hydrogens is 378 g/mol. The molecule has 154 valence electrons. The van der Waals surface area contributed by atoms with Crippen LogP contribution in [0.4, 0.5) is 5.69 Å². The molecule has 1 amide bonds. The number of esters is 1. The molecule has 3 rings (SSSR count). The Balaban J connectivity index is 1.55. The molecule has 0 radical (unpaired) electrons. The smallest absolute Gasteiger partial charge is 0.344 e. The molecule has 30 heavy (non-hydrogen) atoms. The highest BCUT2D eigenvalue weighted by Gasteiger charge is 2.22. The van der Waals surface area contributed by atoms with E-state index >= 15 is 0 Å². The quantitative estimate of drug-likeness (QED) is 0.528. The summed E-state index contributed by atoms with van der Waals surface area (Å²) >= 11 is 0. The number of amides is 1. The van der Waals surface area contributed by atoms with Gasteiger partial charge in [0, 0.05) is 19.2 Å². The van der Waals surface area contributed by atoms with Gasteiger partial charge in [-0.1, -0.05) is 66.7 Å². The Hall–Kier alpha value is -3.60. The Morgan fingerprint density at radius 2 is 1.47 bits per heavy atom. The lowest BCUT2D eigenvalue weighted by Crippen LogP contribution is -2.38. The van der Waals surface area contributed by atoms with Crippen molar-refractivity contribution in [2.45, 2.75) is 19.4 Å². The first-order valence-electron chi connectivity index (χ1n) is 9.81. The molecule has 0 aliphatic heterocycles. The molecule has 0 fully saturated rings. The molecule has 0 unspecified atom stereocenters. The first-order valence-corrected chi connectivity index (χ1v) is 9.81. The summed E-state index contributed by atoms with van der Waals surface area (Å²) in [6.07, 6.45) is -0.214. The van der Waals surface area contributed by atoms with Crippen LogP contribution >= 0.6 is 0 Å². The Bertz CT molecular complexity index is 973. The Labute approximate surface area is 176 Å². The molecule has 0 heterocycles. The van der Waals surface area contributed by atoms with Crippen molar-refractivity contribution in [1.82, 2.24) is 0 Å². The van der Waals surface area contributed by atoms with Crippen molar-refractivity contribution in [2.75, 3.05) is 18.6 Å². The number of hydrogen-bond donors (Lipinski definition) is 0. The Morgan fingerprint density at radius 3 is 2.17 bits per heavy atom. The second kappa shape index (κ2) is 10.3. The van der Waals surface area contributed by atoms with Crippen LogP contribution in [0.5, 0.6) is 5.75 Å². The van der Waals surface area contributed by atoms with Crippen molar-refractivity contribution in [3.8, 4) is 5.75 Å². The van der Waals surface area contributed by atoms with E-state index in [1.807, 2.05) is 84.9 Å². The van der Waals surface area contributed by atoms with E-state index in [9.17, 15) is 9.59 Å². The number of benzene rings is 3. The van der Waals surface area contributed by atoms with Crippen molar-refractivity contribution in [3.63, 3.8) is 0 Å². The van der Waals surface area contributed by atoms with Gasteiger partial charge in [0.15, 0.2) is 12.7 Å². The van der Waals surface area contributed by atoms with E-state index < -0.39 is 12.1 Å². The highest BCUT2D eigenvalue weighted by atomic mass is 16.6. The van der Waals surface area contributed by atoms with Crippen LogP contribution in [-0.2, 0) is 20.7 Å². The van der Waals surface area contributed by atoms with Crippen molar-refractivity contribution in [1.29, 1.82) is 0 Å². The maximum absolute atomic E-state index is 12.5. The number of anilines is 1. The molecule has 0 aliphatic rings. The van der Waals surface area contributed by atoms with Gasteiger partial charge >= 0.3 is 5.97 Å². The van der Waals surface area contributed by atoms with Gasteiger partial charge in [-0.05, 0) is 36.2 Å². The monoisotopic (exact) mass is 403 g/mol. The predicted octanol–water partition coefficient (Wildman–Crippen LogP) is 4.25. The second-order valence-corrected chi connectivity index (χ2v) is 6.92. The van der Waals surface area contributed by atoms with Crippen LogP contribution in [0.25, 0.3) is 0 Å². The van der Waals surface area contributed by atoms with Crippen molar-refractivity contribution in [3.05, 3.63) is 96.1 Å². The molecule has 0 spiro atoms. The van der Waals surface area contributed by atoms with E-state index in [4.69, 9.17) is 9.47 Å². The lowest BCUT2D eigenvalue weighted by molar-refractivity contribution is -0.155. The van der Waals surface area contributed by atoms with E-state index in [0.717, 1.165) is 16.8 Å². The minimum atomic E-state index is -0.911. The van der Waals surface area contributed by atoms with Gasteiger partial charge in [0.2, 0.25) is 0 Å². The van der Waals surface area contributed by atoms with Crippen molar-refractivity contribution >= 4 is 17.6 Å². The average Bonchev–Trinajstić information content (AvgIpc) is 2.78.